The summed E-state index contributed by atoms with van der Waals surface area (Å²) in [6, 6.07) is 0. The molecule has 0 radical (unpaired) electrons. The summed E-state index contributed by atoms with van der Waals surface area (Å²) in [4.78, 5) is 22.1. The van der Waals surface area contributed by atoms with Gasteiger partial charge in [0.15, 0.2) is 5.79 Å². The summed E-state index contributed by atoms with van der Waals surface area (Å²) in [6.07, 6.45) is 3.19. The maximum Gasteiger partial charge on any atom is 0.305 e. The van der Waals surface area contributed by atoms with E-state index in [1.807, 2.05) is 0 Å². The van der Waals surface area contributed by atoms with Gasteiger partial charge >= 0.3 is 5.97 Å². The summed E-state index contributed by atoms with van der Waals surface area (Å²) >= 11 is 0. The number of rotatable bonds is 4. The van der Waals surface area contributed by atoms with Crippen LogP contribution in [-0.4, -0.2) is 38.4 Å². The van der Waals surface area contributed by atoms with Crippen LogP contribution in [0.2, 0.25) is 0 Å². The van der Waals surface area contributed by atoms with E-state index in [0.29, 0.717) is 26.1 Å². The lowest BCUT2D eigenvalue weighted by Crippen LogP contribution is -2.37. The van der Waals surface area contributed by atoms with E-state index >= 15 is 0 Å². The molecule has 0 unspecified atom stereocenters. The zero-order chi connectivity index (χ0) is 12.3. The van der Waals surface area contributed by atoms with Crippen molar-refractivity contribution >= 4 is 12.3 Å². The summed E-state index contributed by atoms with van der Waals surface area (Å²) in [5.74, 6) is -0.770. The van der Waals surface area contributed by atoms with Gasteiger partial charge in [0.2, 0.25) is 0 Å². The van der Waals surface area contributed by atoms with E-state index in [9.17, 15) is 9.59 Å². The molecule has 1 spiro atoms. The second-order valence-corrected chi connectivity index (χ2v) is 4.60. The average Bonchev–Trinajstić information content (AvgIpc) is 2.92. The number of hydrogen-bond acceptors (Lipinski definition) is 5. The molecule has 0 aromatic carbocycles. The van der Waals surface area contributed by atoms with Gasteiger partial charge in [-0.2, -0.15) is 0 Å². The Kier molecular flexibility index (Phi) is 3.79. The Morgan fingerprint density at radius 1 is 1.47 bits per heavy atom. The van der Waals surface area contributed by atoms with Crippen LogP contribution < -0.4 is 0 Å². The van der Waals surface area contributed by atoms with Gasteiger partial charge in [-0.3, -0.25) is 4.79 Å². The van der Waals surface area contributed by atoms with E-state index in [4.69, 9.17) is 9.47 Å². The normalized spacial score (nSPS) is 30.6. The highest BCUT2D eigenvalue weighted by atomic mass is 16.7. The second-order valence-electron chi connectivity index (χ2n) is 4.60. The van der Waals surface area contributed by atoms with Crippen LogP contribution in [0.5, 0.6) is 0 Å². The van der Waals surface area contributed by atoms with Crippen molar-refractivity contribution in [2.24, 2.45) is 11.8 Å². The van der Waals surface area contributed by atoms with Gasteiger partial charge < -0.3 is 19.0 Å². The van der Waals surface area contributed by atoms with Crippen molar-refractivity contribution < 1.29 is 23.8 Å². The first-order chi connectivity index (χ1) is 8.22. The Labute approximate surface area is 100 Å². The highest BCUT2D eigenvalue weighted by Gasteiger charge is 2.52. The highest BCUT2D eigenvalue weighted by molar-refractivity contribution is 5.69. The maximum atomic E-state index is 11.3. The second kappa shape index (κ2) is 5.14. The molecule has 0 bridgehead atoms. The molecule has 0 aromatic rings. The van der Waals surface area contributed by atoms with E-state index in [-0.39, 0.29) is 17.8 Å². The molecular weight excluding hydrogens is 224 g/mol. The van der Waals surface area contributed by atoms with Crippen LogP contribution in [0.4, 0.5) is 0 Å². The lowest BCUT2D eigenvalue weighted by molar-refractivity contribution is -0.188. The number of esters is 1. The molecule has 0 aromatic heterocycles. The van der Waals surface area contributed by atoms with Crippen LogP contribution >= 0.6 is 0 Å². The Bertz CT molecular complexity index is 295. The number of methoxy groups -OCH3 is 1. The molecule has 2 rings (SSSR count). The molecule has 96 valence electrons. The van der Waals surface area contributed by atoms with Gasteiger partial charge in [-0.05, 0) is 12.3 Å². The minimum Gasteiger partial charge on any atom is -0.469 e. The van der Waals surface area contributed by atoms with Crippen LogP contribution in [0.25, 0.3) is 0 Å². The molecule has 2 atom stereocenters. The minimum atomic E-state index is -0.625. The third-order valence-electron chi connectivity index (χ3n) is 3.78. The summed E-state index contributed by atoms with van der Waals surface area (Å²) in [7, 11) is 1.38. The predicted octanol–water partition coefficient (Wildman–Crippen LogP) is 0.908. The van der Waals surface area contributed by atoms with E-state index < -0.39 is 5.79 Å². The third-order valence-corrected chi connectivity index (χ3v) is 3.78. The van der Waals surface area contributed by atoms with E-state index in [2.05, 4.69) is 4.74 Å². The Balaban J connectivity index is 2.07. The van der Waals surface area contributed by atoms with Crippen molar-refractivity contribution in [1.29, 1.82) is 0 Å². The van der Waals surface area contributed by atoms with E-state index in [1.54, 1.807) is 0 Å². The lowest BCUT2D eigenvalue weighted by Gasteiger charge is -2.30. The van der Waals surface area contributed by atoms with Gasteiger partial charge in [0, 0.05) is 25.2 Å². The molecule has 1 aliphatic carbocycles. The fourth-order valence-corrected chi connectivity index (χ4v) is 2.98. The maximum absolute atomic E-state index is 11.3. The molecule has 5 heteroatoms. The van der Waals surface area contributed by atoms with Gasteiger partial charge in [-0.25, -0.2) is 0 Å². The number of hydrogen-bond donors (Lipinski definition) is 0. The Hall–Kier alpha value is -0.940. The third kappa shape index (κ3) is 2.35. The van der Waals surface area contributed by atoms with Crippen molar-refractivity contribution in [3.05, 3.63) is 0 Å². The van der Waals surface area contributed by atoms with Gasteiger partial charge in [0.25, 0.3) is 0 Å². The molecule has 2 aliphatic rings. The van der Waals surface area contributed by atoms with Crippen molar-refractivity contribution in [3.8, 4) is 0 Å². The Morgan fingerprint density at radius 3 is 2.76 bits per heavy atom. The molecule has 1 aliphatic heterocycles. The van der Waals surface area contributed by atoms with Gasteiger partial charge in [0.05, 0.1) is 20.3 Å². The molecule has 5 nitrogen and oxygen atoms in total. The monoisotopic (exact) mass is 242 g/mol. The van der Waals surface area contributed by atoms with Crippen molar-refractivity contribution in [3.63, 3.8) is 0 Å². The van der Waals surface area contributed by atoms with Crippen molar-refractivity contribution in [2.75, 3.05) is 20.3 Å². The highest BCUT2D eigenvalue weighted by Crippen LogP contribution is 2.48. The summed E-state index contributed by atoms with van der Waals surface area (Å²) in [5, 5.41) is 0. The number of carbonyl (C=O) groups is 2. The summed E-state index contributed by atoms with van der Waals surface area (Å²) in [6.45, 7) is 1.14. The fraction of sp³-hybridized carbons (Fsp3) is 0.833. The van der Waals surface area contributed by atoms with Crippen LogP contribution in [0.3, 0.4) is 0 Å². The van der Waals surface area contributed by atoms with E-state index in [0.717, 1.165) is 19.1 Å². The zero-order valence-electron chi connectivity index (χ0n) is 10.0. The topological polar surface area (TPSA) is 61.8 Å². The van der Waals surface area contributed by atoms with Crippen LogP contribution in [-0.2, 0) is 23.8 Å². The summed E-state index contributed by atoms with van der Waals surface area (Å²) < 4.78 is 16.0. The Morgan fingerprint density at radius 2 is 2.18 bits per heavy atom. The van der Waals surface area contributed by atoms with Gasteiger partial charge in [0.1, 0.15) is 6.29 Å². The zero-order valence-corrected chi connectivity index (χ0v) is 10.0. The largest absolute Gasteiger partial charge is 0.469 e. The van der Waals surface area contributed by atoms with E-state index in [1.165, 1.54) is 7.11 Å². The van der Waals surface area contributed by atoms with Crippen molar-refractivity contribution in [2.45, 2.75) is 31.5 Å². The first-order valence-corrected chi connectivity index (χ1v) is 6.00. The molecule has 1 heterocycles. The molecule has 0 amide bonds. The quantitative estimate of drug-likeness (QED) is 0.541. The molecule has 1 saturated carbocycles. The first-order valence-electron chi connectivity index (χ1n) is 6.00. The molecule has 2 fully saturated rings. The van der Waals surface area contributed by atoms with Gasteiger partial charge in [-0.1, -0.05) is 0 Å². The standard InChI is InChI=1S/C12H18O5/c1-15-11(14)8-9-2-4-12(10(9)3-5-13)16-6-7-17-12/h5,9-10H,2-4,6-8H2,1H3/t9-,10-/m1/s1. The van der Waals surface area contributed by atoms with Crippen LogP contribution in [0, 0.1) is 11.8 Å². The molecule has 17 heavy (non-hydrogen) atoms. The lowest BCUT2D eigenvalue weighted by atomic mass is 9.88. The number of aldehydes is 1. The smallest absolute Gasteiger partial charge is 0.305 e. The van der Waals surface area contributed by atoms with Gasteiger partial charge in [-0.15, -0.1) is 0 Å². The number of carbonyl (C=O) groups excluding carboxylic acids is 2. The van der Waals surface area contributed by atoms with Crippen LogP contribution in [0.1, 0.15) is 25.7 Å². The predicted molar refractivity (Wildman–Crippen MR) is 58.2 cm³/mol. The average molecular weight is 242 g/mol. The first kappa shape index (κ1) is 12.5. The minimum absolute atomic E-state index is 0.0263. The van der Waals surface area contributed by atoms with Crippen LogP contribution in [0.15, 0.2) is 0 Å². The SMILES string of the molecule is COC(=O)C[C@H]1CCC2(OCCO2)[C@@H]1CC=O. The molecular formula is C12H18O5. The van der Waals surface area contributed by atoms with Crippen molar-refractivity contribution in [1.82, 2.24) is 0 Å². The molecule has 1 saturated heterocycles. The fourth-order valence-electron chi connectivity index (χ4n) is 2.98. The summed E-state index contributed by atoms with van der Waals surface area (Å²) in [5.41, 5.74) is 0. The molecule has 0 N–H and O–H groups in total. The number of ether oxygens (including phenoxy) is 3.